The molecule has 0 saturated carbocycles. The molecule has 0 bridgehead atoms. The van der Waals surface area contributed by atoms with Gasteiger partial charge in [0.2, 0.25) is 0 Å². The molecule has 0 spiro atoms. The summed E-state index contributed by atoms with van der Waals surface area (Å²) in [6, 6.07) is 0.249. The zero-order valence-electron chi connectivity index (χ0n) is 14.3. The first kappa shape index (κ1) is 16.5. The van der Waals surface area contributed by atoms with Gasteiger partial charge in [-0.05, 0) is 39.5 Å². The number of piperidine rings is 1. The summed E-state index contributed by atoms with van der Waals surface area (Å²) in [5.41, 5.74) is 0. The number of nitrogens with zero attached hydrogens (tertiary/aromatic N) is 5. The van der Waals surface area contributed by atoms with E-state index in [4.69, 9.17) is 0 Å². The minimum absolute atomic E-state index is 0.0236. The Labute approximate surface area is 141 Å². The molecule has 3 rings (SSSR count). The lowest BCUT2D eigenvalue weighted by atomic mass is 9.99. The van der Waals surface area contributed by atoms with Crippen LogP contribution in [0.4, 0.5) is 4.79 Å². The van der Waals surface area contributed by atoms with E-state index >= 15 is 0 Å². The molecule has 2 amide bonds. The maximum atomic E-state index is 12.5. The number of H-pyrrole nitrogens is 1. The number of likely N-dealkylation sites (tertiary alicyclic amines) is 1. The topological polar surface area (TPSA) is 91.7 Å². The molecule has 0 aromatic carbocycles. The van der Waals surface area contributed by atoms with Crippen LogP contribution in [0.3, 0.4) is 0 Å². The van der Waals surface area contributed by atoms with Gasteiger partial charge in [-0.3, -0.25) is 5.10 Å². The van der Waals surface area contributed by atoms with E-state index in [1.165, 1.54) is 6.42 Å². The summed E-state index contributed by atoms with van der Waals surface area (Å²) in [7, 11) is 0. The number of carbonyl (C=O) groups excluding carboxylic acids is 1. The van der Waals surface area contributed by atoms with Gasteiger partial charge in [0.25, 0.3) is 0 Å². The third-order valence-corrected chi connectivity index (χ3v) is 4.56. The number of rotatable bonds is 5. The van der Waals surface area contributed by atoms with Crippen LogP contribution in [-0.2, 0) is 13.1 Å². The SMILES string of the molecule is Cc1nc(CNC(=O)N2CCCC[C@@H]2CCn2ccnc2C)n[nH]1. The fourth-order valence-corrected chi connectivity index (χ4v) is 3.22. The first-order valence-electron chi connectivity index (χ1n) is 8.53. The number of aryl methyl sites for hydroxylation is 3. The highest BCUT2D eigenvalue weighted by molar-refractivity contribution is 5.74. The molecule has 3 heterocycles. The summed E-state index contributed by atoms with van der Waals surface area (Å²) in [6.45, 7) is 5.90. The van der Waals surface area contributed by atoms with Crippen LogP contribution in [-0.4, -0.2) is 48.3 Å². The molecule has 0 unspecified atom stereocenters. The summed E-state index contributed by atoms with van der Waals surface area (Å²) in [5.74, 6) is 2.39. The van der Waals surface area contributed by atoms with Crippen LogP contribution in [0, 0.1) is 13.8 Å². The Morgan fingerprint density at radius 1 is 1.42 bits per heavy atom. The van der Waals surface area contributed by atoms with Crippen molar-refractivity contribution < 1.29 is 4.79 Å². The van der Waals surface area contributed by atoms with Crippen molar-refractivity contribution in [3.8, 4) is 0 Å². The van der Waals surface area contributed by atoms with Crippen molar-refractivity contribution in [1.29, 1.82) is 0 Å². The summed E-state index contributed by atoms with van der Waals surface area (Å²) in [5, 5.41) is 9.78. The Hall–Kier alpha value is -2.38. The Bertz CT molecular complexity index is 678. The first-order valence-corrected chi connectivity index (χ1v) is 8.53. The molecule has 1 saturated heterocycles. The number of nitrogens with one attached hydrogen (secondary N) is 2. The molecule has 2 aromatic heterocycles. The molecule has 8 nitrogen and oxygen atoms in total. The molecular weight excluding hydrogens is 306 g/mol. The summed E-state index contributed by atoms with van der Waals surface area (Å²) in [4.78, 5) is 23.0. The maximum Gasteiger partial charge on any atom is 0.318 e. The van der Waals surface area contributed by atoms with E-state index in [1.807, 2.05) is 31.1 Å². The van der Waals surface area contributed by atoms with E-state index in [9.17, 15) is 4.79 Å². The fourth-order valence-electron chi connectivity index (χ4n) is 3.22. The second kappa shape index (κ2) is 7.46. The van der Waals surface area contributed by atoms with E-state index in [1.54, 1.807) is 0 Å². The Kier molecular flexibility index (Phi) is 5.12. The summed E-state index contributed by atoms with van der Waals surface area (Å²) in [6.07, 6.45) is 8.06. The molecule has 24 heavy (non-hydrogen) atoms. The number of urea groups is 1. The highest BCUT2D eigenvalue weighted by Gasteiger charge is 2.26. The molecular formula is C16H25N7O. The van der Waals surface area contributed by atoms with Gasteiger partial charge in [-0.15, -0.1) is 0 Å². The summed E-state index contributed by atoms with van der Waals surface area (Å²) < 4.78 is 2.14. The van der Waals surface area contributed by atoms with Gasteiger partial charge in [-0.1, -0.05) is 0 Å². The Morgan fingerprint density at radius 3 is 3.00 bits per heavy atom. The van der Waals surface area contributed by atoms with Gasteiger partial charge in [-0.2, -0.15) is 5.10 Å². The van der Waals surface area contributed by atoms with Crippen LogP contribution in [0.2, 0.25) is 0 Å². The highest BCUT2D eigenvalue weighted by Crippen LogP contribution is 2.20. The monoisotopic (exact) mass is 331 g/mol. The molecule has 1 atom stereocenters. The fraction of sp³-hybridized carbons (Fsp3) is 0.625. The molecule has 0 aliphatic carbocycles. The third-order valence-electron chi connectivity index (χ3n) is 4.56. The second-order valence-corrected chi connectivity index (χ2v) is 6.30. The number of aromatic amines is 1. The van der Waals surface area contributed by atoms with E-state index in [0.29, 0.717) is 12.4 Å². The van der Waals surface area contributed by atoms with Crippen LogP contribution >= 0.6 is 0 Å². The standard InChI is InChI=1S/C16H25N7O/c1-12-19-15(21-20-12)11-18-16(24)23-8-4-3-5-14(23)6-9-22-10-7-17-13(22)2/h7,10,14H,3-6,8-9,11H2,1-2H3,(H,18,24)(H,19,20,21)/t14-/m1/s1. The molecule has 1 fully saturated rings. The zero-order chi connectivity index (χ0) is 16.9. The van der Waals surface area contributed by atoms with Gasteiger partial charge in [0.15, 0.2) is 5.82 Å². The number of amides is 2. The third kappa shape index (κ3) is 3.93. The Balaban J connectivity index is 1.54. The molecule has 8 heteroatoms. The van der Waals surface area contributed by atoms with Gasteiger partial charge in [0.05, 0.1) is 6.54 Å². The van der Waals surface area contributed by atoms with Crippen molar-refractivity contribution in [2.24, 2.45) is 0 Å². The van der Waals surface area contributed by atoms with Crippen LogP contribution in [0.25, 0.3) is 0 Å². The molecule has 1 aliphatic heterocycles. The minimum Gasteiger partial charge on any atom is -0.335 e. The van der Waals surface area contributed by atoms with Crippen molar-refractivity contribution in [2.45, 2.75) is 58.7 Å². The van der Waals surface area contributed by atoms with Crippen LogP contribution in [0.1, 0.15) is 43.2 Å². The van der Waals surface area contributed by atoms with E-state index < -0.39 is 0 Å². The number of aromatic nitrogens is 5. The number of carbonyl (C=O) groups is 1. The number of hydrogen-bond acceptors (Lipinski definition) is 4. The predicted octanol–water partition coefficient (Wildman–Crippen LogP) is 1.77. The van der Waals surface area contributed by atoms with Crippen molar-refractivity contribution in [1.82, 2.24) is 34.9 Å². The molecule has 2 N–H and O–H groups in total. The van der Waals surface area contributed by atoms with Gasteiger partial charge in [0.1, 0.15) is 11.6 Å². The zero-order valence-corrected chi connectivity index (χ0v) is 14.3. The lowest BCUT2D eigenvalue weighted by molar-refractivity contribution is 0.143. The largest absolute Gasteiger partial charge is 0.335 e. The minimum atomic E-state index is -0.0236. The van der Waals surface area contributed by atoms with Crippen molar-refractivity contribution in [2.75, 3.05) is 6.54 Å². The van der Waals surface area contributed by atoms with Crippen LogP contribution in [0.15, 0.2) is 12.4 Å². The lowest BCUT2D eigenvalue weighted by Crippen LogP contribution is -2.48. The van der Waals surface area contributed by atoms with Crippen molar-refractivity contribution in [3.63, 3.8) is 0 Å². The van der Waals surface area contributed by atoms with Crippen molar-refractivity contribution in [3.05, 3.63) is 29.9 Å². The van der Waals surface area contributed by atoms with Crippen molar-refractivity contribution >= 4 is 6.03 Å². The van der Waals surface area contributed by atoms with E-state index in [2.05, 4.69) is 30.0 Å². The van der Waals surface area contributed by atoms with Gasteiger partial charge in [0, 0.05) is 31.5 Å². The normalized spacial score (nSPS) is 17.9. The highest BCUT2D eigenvalue weighted by atomic mass is 16.2. The number of imidazole rings is 1. The van der Waals surface area contributed by atoms with Gasteiger partial charge >= 0.3 is 6.03 Å². The average Bonchev–Trinajstić information content (AvgIpc) is 3.19. The molecule has 130 valence electrons. The number of hydrogen-bond donors (Lipinski definition) is 2. The van der Waals surface area contributed by atoms with E-state index in [-0.39, 0.29) is 12.1 Å². The summed E-state index contributed by atoms with van der Waals surface area (Å²) >= 11 is 0. The Morgan fingerprint density at radius 2 is 2.29 bits per heavy atom. The average molecular weight is 331 g/mol. The first-order chi connectivity index (χ1) is 11.6. The molecule has 0 radical (unpaired) electrons. The van der Waals surface area contributed by atoms with Gasteiger partial charge < -0.3 is 14.8 Å². The smallest absolute Gasteiger partial charge is 0.318 e. The quantitative estimate of drug-likeness (QED) is 0.873. The van der Waals surface area contributed by atoms with Crippen LogP contribution in [0.5, 0.6) is 0 Å². The van der Waals surface area contributed by atoms with Gasteiger partial charge in [-0.25, -0.2) is 14.8 Å². The molecule has 1 aliphatic rings. The van der Waals surface area contributed by atoms with Crippen LogP contribution < -0.4 is 5.32 Å². The predicted molar refractivity (Wildman–Crippen MR) is 89.3 cm³/mol. The van der Waals surface area contributed by atoms with E-state index in [0.717, 1.165) is 44.0 Å². The second-order valence-electron chi connectivity index (χ2n) is 6.30. The molecule has 2 aromatic rings. The lowest BCUT2D eigenvalue weighted by Gasteiger charge is -2.35. The maximum absolute atomic E-state index is 12.5.